The van der Waals surface area contributed by atoms with E-state index in [2.05, 4.69) is 9.72 Å². The topological polar surface area (TPSA) is 106 Å². The molecule has 4 N–H and O–H groups in total. The van der Waals surface area contributed by atoms with Gasteiger partial charge in [0.25, 0.3) is 0 Å². The summed E-state index contributed by atoms with van der Waals surface area (Å²) < 4.78 is 4.43. The first kappa shape index (κ1) is 10.5. The minimum atomic E-state index is -1.69. The van der Waals surface area contributed by atoms with E-state index in [1.54, 1.807) is 0 Å². The molecule has 74 valence electrons. The first-order valence-corrected chi connectivity index (χ1v) is 3.76. The summed E-state index contributed by atoms with van der Waals surface area (Å²) in [5, 5.41) is 17.6. The van der Waals surface area contributed by atoms with Crippen molar-refractivity contribution in [1.29, 1.82) is 0 Å². The number of aromatic nitrogens is 1. The van der Waals surface area contributed by atoms with Gasteiger partial charge in [-0.1, -0.05) is 0 Å². The molecule has 0 aliphatic rings. The van der Waals surface area contributed by atoms with Crippen LogP contribution in [0.25, 0.3) is 0 Å². The molecule has 1 rings (SSSR count). The number of hydrogen-bond acceptors (Lipinski definition) is 6. The predicted octanol–water partition coefficient (Wildman–Crippen LogP) is -1.87. The highest BCUT2D eigenvalue weighted by Crippen LogP contribution is 2.06. The van der Waals surface area contributed by atoms with Crippen molar-refractivity contribution in [1.82, 2.24) is 4.98 Å². The molecule has 7 heteroatoms. The number of nitrogens with two attached hydrogens (primary N) is 1. The lowest BCUT2D eigenvalue weighted by Gasteiger charge is -2.04. The lowest BCUT2D eigenvalue weighted by atomic mass is 9.81. The summed E-state index contributed by atoms with van der Waals surface area (Å²) in [5.41, 5.74) is 5.49. The number of carbonyl (C=O) groups excluding carboxylic acids is 1. The van der Waals surface area contributed by atoms with Gasteiger partial charge in [-0.2, -0.15) is 0 Å². The van der Waals surface area contributed by atoms with Gasteiger partial charge in [-0.3, -0.25) is 0 Å². The number of pyridine rings is 1. The Morgan fingerprint density at radius 3 is 2.79 bits per heavy atom. The summed E-state index contributed by atoms with van der Waals surface area (Å²) in [6.07, 6.45) is 1.17. The fourth-order valence-corrected chi connectivity index (χ4v) is 0.906. The van der Waals surface area contributed by atoms with Gasteiger partial charge in [-0.25, -0.2) is 9.78 Å². The van der Waals surface area contributed by atoms with Crippen molar-refractivity contribution in [3.63, 3.8) is 0 Å². The summed E-state index contributed by atoms with van der Waals surface area (Å²) in [6, 6.07) is 1.22. The van der Waals surface area contributed by atoms with Crippen molar-refractivity contribution in [2.75, 3.05) is 12.8 Å². The van der Waals surface area contributed by atoms with E-state index in [1.165, 1.54) is 19.4 Å². The van der Waals surface area contributed by atoms with Crippen LogP contribution in [0.1, 0.15) is 10.4 Å². The number of nitrogens with zero attached hydrogens (tertiary/aromatic N) is 1. The molecule has 14 heavy (non-hydrogen) atoms. The fourth-order valence-electron chi connectivity index (χ4n) is 0.906. The Bertz CT molecular complexity index is 356. The zero-order chi connectivity index (χ0) is 10.7. The molecule has 0 saturated heterocycles. The second-order valence-corrected chi connectivity index (χ2v) is 2.57. The number of methoxy groups -OCH3 is 1. The smallest absolute Gasteiger partial charge is 0.465 e. The maximum Gasteiger partial charge on any atom is 0.490 e. The van der Waals surface area contributed by atoms with Crippen LogP contribution >= 0.6 is 0 Å². The average molecular weight is 196 g/mol. The standard InChI is InChI=1S/C7H9BN2O4/c1-14-7(11)5-2-4(8(12)13)3-10-6(5)9/h2-3,12-13H,1H3,(H2,9,10). The molecule has 1 aromatic rings. The number of anilines is 1. The molecule has 1 aromatic heterocycles. The van der Waals surface area contributed by atoms with Gasteiger partial charge in [0.1, 0.15) is 11.4 Å². The van der Waals surface area contributed by atoms with Gasteiger partial charge in [0.15, 0.2) is 0 Å². The van der Waals surface area contributed by atoms with Gasteiger partial charge in [0.2, 0.25) is 0 Å². The van der Waals surface area contributed by atoms with Crippen LogP contribution in [0, 0.1) is 0 Å². The third-order valence-corrected chi connectivity index (χ3v) is 1.64. The number of nitrogen functional groups attached to an aromatic ring is 1. The van der Waals surface area contributed by atoms with Crippen molar-refractivity contribution in [2.24, 2.45) is 0 Å². The van der Waals surface area contributed by atoms with Crippen molar-refractivity contribution in [3.05, 3.63) is 17.8 Å². The van der Waals surface area contributed by atoms with E-state index in [1.807, 2.05) is 0 Å². The third-order valence-electron chi connectivity index (χ3n) is 1.64. The van der Waals surface area contributed by atoms with Crippen LogP contribution in [0.5, 0.6) is 0 Å². The van der Waals surface area contributed by atoms with Crippen LogP contribution in [0.15, 0.2) is 12.3 Å². The Labute approximate surface area is 80.5 Å². The van der Waals surface area contributed by atoms with E-state index < -0.39 is 13.1 Å². The normalized spacial score (nSPS) is 9.64. The molecule has 1 heterocycles. The minimum absolute atomic E-state index is 0.0121. The first-order chi connectivity index (χ1) is 6.56. The SMILES string of the molecule is COC(=O)c1cc(B(O)O)cnc1N. The van der Waals surface area contributed by atoms with E-state index >= 15 is 0 Å². The van der Waals surface area contributed by atoms with Crippen molar-refractivity contribution in [2.45, 2.75) is 0 Å². The first-order valence-electron chi connectivity index (χ1n) is 3.76. The molecule has 0 radical (unpaired) electrons. The van der Waals surface area contributed by atoms with Crippen molar-refractivity contribution >= 4 is 24.4 Å². The molecule has 0 aliphatic heterocycles. The lowest BCUT2D eigenvalue weighted by molar-refractivity contribution is 0.0601. The quantitative estimate of drug-likeness (QED) is 0.378. The summed E-state index contributed by atoms with van der Waals surface area (Å²) in [7, 11) is -0.490. The molecule has 0 aromatic carbocycles. The zero-order valence-electron chi connectivity index (χ0n) is 7.47. The Kier molecular flexibility index (Phi) is 3.05. The molecule has 0 atom stereocenters. The van der Waals surface area contributed by atoms with Gasteiger partial charge in [0, 0.05) is 11.7 Å². The highest BCUT2D eigenvalue weighted by atomic mass is 16.5. The molecule has 0 bridgehead atoms. The van der Waals surface area contributed by atoms with Crippen LogP contribution in [-0.2, 0) is 4.74 Å². The van der Waals surface area contributed by atoms with Gasteiger partial charge in [0.05, 0.1) is 7.11 Å². The second kappa shape index (κ2) is 4.08. The second-order valence-electron chi connectivity index (χ2n) is 2.57. The Balaban J connectivity index is 3.15. The van der Waals surface area contributed by atoms with Crippen molar-refractivity contribution < 1.29 is 19.6 Å². The average Bonchev–Trinajstić information content (AvgIpc) is 2.17. The van der Waals surface area contributed by atoms with E-state index in [-0.39, 0.29) is 16.8 Å². The highest BCUT2D eigenvalue weighted by Gasteiger charge is 2.17. The Morgan fingerprint density at radius 1 is 1.64 bits per heavy atom. The van der Waals surface area contributed by atoms with Gasteiger partial charge < -0.3 is 20.5 Å². The van der Waals surface area contributed by atoms with E-state index in [0.29, 0.717) is 0 Å². The van der Waals surface area contributed by atoms with Crippen LogP contribution in [0.4, 0.5) is 5.82 Å². The molecule has 0 unspecified atom stereocenters. The molecular formula is C7H9BN2O4. The summed E-state index contributed by atoms with van der Waals surface area (Å²) in [4.78, 5) is 14.7. The Morgan fingerprint density at radius 2 is 2.29 bits per heavy atom. The predicted molar refractivity (Wildman–Crippen MR) is 49.8 cm³/mol. The summed E-state index contributed by atoms with van der Waals surface area (Å²) in [6.45, 7) is 0. The van der Waals surface area contributed by atoms with Crippen LogP contribution in [-0.4, -0.2) is 35.2 Å². The molecule has 0 spiro atoms. The van der Waals surface area contributed by atoms with Crippen LogP contribution < -0.4 is 11.2 Å². The monoisotopic (exact) mass is 196 g/mol. The number of ether oxygens (including phenoxy) is 1. The molecule has 0 aliphatic carbocycles. The zero-order valence-corrected chi connectivity index (χ0v) is 7.47. The molecular weight excluding hydrogens is 187 g/mol. The van der Waals surface area contributed by atoms with E-state index in [9.17, 15) is 4.79 Å². The number of rotatable bonds is 2. The van der Waals surface area contributed by atoms with Gasteiger partial charge in [-0.05, 0) is 6.07 Å². The van der Waals surface area contributed by atoms with Crippen LogP contribution in [0.3, 0.4) is 0 Å². The van der Waals surface area contributed by atoms with Crippen molar-refractivity contribution in [3.8, 4) is 0 Å². The lowest BCUT2D eigenvalue weighted by Crippen LogP contribution is -2.31. The Hall–Kier alpha value is -1.60. The summed E-state index contributed by atoms with van der Waals surface area (Å²) in [5.74, 6) is -0.682. The molecule has 0 amide bonds. The van der Waals surface area contributed by atoms with Crippen LogP contribution in [0.2, 0.25) is 0 Å². The van der Waals surface area contributed by atoms with Gasteiger partial charge in [-0.15, -0.1) is 0 Å². The summed E-state index contributed by atoms with van der Waals surface area (Å²) >= 11 is 0. The third kappa shape index (κ3) is 2.01. The molecule has 0 fully saturated rings. The highest BCUT2D eigenvalue weighted by molar-refractivity contribution is 6.58. The maximum atomic E-state index is 11.1. The largest absolute Gasteiger partial charge is 0.490 e. The molecule has 0 saturated carbocycles. The number of hydrogen-bond donors (Lipinski definition) is 3. The fraction of sp³-hybridized carbons (Fsp3) is 0.143. The molecule has 6 nitrogen and oxygen atoms in total. The van der Waals surface area contributed by atoms with Gasteiger partial charge >= 0.3 is 13.1 Å². The number of carbonyl (C=O) groups is 1. The van der Waals surface area contributed by atoms with E-state index in [0.717, 1.165) is 0 Å². The maximum absolute atomic E-state index is 11.1. The minimum Gasteiger partial charge on any atom is -0.465 e. The van der Waals surface area contributed by atoms with E-state index in [4.69, 9.17) is 15.8 Å². The number of esters is 1.